The van der Waals surface area contributed by atoms with E-state index in [0.29, 0.717) is 10.6 Å². The van der Waals surface area contributed by atoms with E-state index >= 15 is 0 Å². The Morgan fingerprint density at radius 1 is 1.21 bits per heavy atom. The minimum atomic E-state index is -2.21. The maximum Gasteiger partial charge on any atom is 0.338 e. The number of carboxylic acids is 1. The van der Waals surface area contributed by atoms with Gasteiger partial charge in [-0.25, -0.2) is 9.59 Å². The summed E-state index contributed by atoms with van der Waals surface area (Å²) in [6, 6.07) is 5.93. The molecule has 0 heterocycles. The molecule has 0 aliphatic rings. The molecule has 28 heavy (non-hydrogen) atoms. The average Bonchev–Trinajstić information content (AvgIpc) is 2.58. The molecule has 0 fully saturated rings. The van der Waals surface area contributed by atoms with Crippen LogP contribution >= 0.6 is 11.6 Å². The van der Waals surface area contributed by atoms with E-state index in [9.17, 15) is 19.5 Å². The zero-order valence-corrected chi connectivity index (χ0v) is 17.0. The smallest absolute Gasteiger partial charge is 0.338 e. The normalized spacial score (nSPS) is 14.6. The number of halogens is 1. The quantitative estimate of drug-likeness (QED) is 0.411. The Kier molecular flexibility index (Phi) is 8.41. The predicted octanol–water partition coefficient (Wildman–Crippen LogP) is 2.00. The van der Waals surface area contributed by atoms with Crippen molar-refractivity contribution in [1.82, 2.24) is 0 Å². The lowest BCUT2D eigenvalue weighted by Crippen LogP contribution is -2.57. The number of hydrogen-bond donors (Lipinski definition) is 3. The number of rotatable bonds is 9. The van der Waals surface area contributed by atoms with Crippen LogP contribution in [0.15, 0.2) is 24.3 Å². The van der Waals surface area contributed by atoms with Crippen molar-refractivity contribution in [1.29, 1.82) is 0 Å². The molecule has 0 spiro atoms. The molecular formula is C19H27ClN2O6. The second kappa shape index (κ2) is 9.86. The van der Waals surface area contributed by atoms with Crippen molar-refractivity contribution < 1.29 is 29.0 Å². The van der Waals surface area contributed by atoms with Gasteiger partial charge in [-0.2, -0.15) is 0 Å². The maximum atomic E-state index is 12.2. The molecule has 0 aliphatic heterocycles. The number of esters is 2. The van der Waals surface area contributed by atoms with E-state index in [1.807, 2.05) is 0 Å². The molecule has 0 radical (unpaired) electrons. The standard InChI is InChI=1S/C19H27ClN2O6/c1-18(2,3)28-17(26)19(22,16(24)25)10-6-9-14(21)15(23)27-11-12-7-4-5-8-13(12)20/h4-5,7-8,14H,6,9-11,21-22H2,1-3H3,(H,24,25)/t14?,19-/m0/s1. The fraction of sp³-hybridized carbons (Fsp3) is 0.526. The van der Waals surface area contributed by atoms with Crippen LogP contribution in [0.4, 0.5) is 0 Å². The van der Waals surface area contributed by atoms with Gasteiger partial charge in [0.2, 0.25) is 5.54 Å². The molecule has 0 saturated heterocycles. The Morgan fingerprint density at radius 3 is 2.36 bits per heavy atom. The Labute approximate surface area is 169 Å². The van der Waals surface area contributed by atoms with Crippen LogP contribution < -0.4 is 11.5 Å². The van der Waals surface area contributed by atoms with Gasteiger partial charge in [0.1, 0.15) is 18.2 Å². The van der Waals surface area contributed by atoms with Gasteiger partial charge >= 0.3 is 17.9 Å². The van der Waals surface area contributed by atoms with Crippen LogP contribution in [-0.4, -0.2) is 40.2 Å². The second-order valence-electron chi connectivity index (χ2n) is 7.48. The molecule has 1 aromatic carbocycles. The largest absolute Gasteiger partial charge is 0.479 e. The lowest BCUT2D eigenvalue weighted by molar-refractivity contribution is -0.169. The number of aliphatic carboxylic acids is 1. The molecule has 5 N–H and O–H groups in total. The topological polar surface area (TPSA) is 142 Å². The van der Waals surface area contributed by atoms with Gasteiger partial charge < -0.3 is 26.0 Å². The first kappa shape index (κ1) is 23.9. The van der Waals surface area contributed by atoms with Crippen LogP contribution in [0, 0.1) is 0 Å². The molecule has 2 atom stereocenters. The van der Waals surface area contributed by atoms with Crippen LogP contribution in [0.2, 0.25) is 5.02 Å². The Morgan fingerprint density at radius 2 is 1.82 bits per heavy atom. The maximum absolute atomic E-state index is 12.2. The molecule has 1 rings (SSSR count). The van der Waals surface area contributed by atoms with Gasteiger partial charge in [0.05, 0.1) is 0 Å². The third-order valence-corrected chi connectivity index (χ3v) is 4.23. The fourth-order valence-electron chi connectivity index (χ4n) is 2.26. The summed E-state index contributed by atoms with van der Waals surface area (Å²) in [6.07, 6.45) is -0.0243. The monoisotopic (exact) mass is 414 g/mol. The Balaban J connectivity index is 2.56. The molecule has 9 heteroatoms. The second-order valence-corrected chi connectivity index (χ2v) is 7.88. The number of carboxylic acid groups (broad SMARTS) is 1. The molecule has 1 aromatic rings. The summed E-state index contributed by atoms with van der Waals surface area (Å²) in [5, 5.41) is 9.82. The molecule has 0 aromatic heterocycles. The highest BCUT2D eigenvalue weighted by Gasteiger charge is 2.45. The third kappa shape index (κ3) is 7.10. The van der Waals surface area contributed by atoms with Crippen molar-refractivity contribution >= 4 is 29.5 Å². The first-order valence-electron chi connectivity index (χ1n) is 8.78. The lowest BCUT2D eigenvalue weighted by atomic mass is 9.92. The van der Waals surface area contributed by atoms with Gasteiger partial charge in [-0.1, -0.05) is 29.8 Å². The summed E-state index contributed by atoms with van der Waals surface area (Å²) in [4.78, 5) is 35.7. The van der Waals surface area contributed by atoms with Crippen molar-refractivity contribution in [3.8, 4) is 0 Å². The highest BCUT2D eigenvalue weighted by Crippen LogP contribution is 2.20. The van der Waals surface area contributed by atoms with Gasteiger partial charge in [-0.05, 0) is 46.1 Å². The molecule has 8 nitrogen and oxygen atoms in total. The number of ether oxygens (including phenoxy) is 2. The SMILES string of the molecule is CC(C)(C)OC(=O)[C@](N)(CCCC(N)C(=O)OCc1ccccc1Cl)C(=O)O. The van der Waals surface area contributed by atoms with Gasteiger partial charge in [-0.3, -0.25) is 4.79 Å². The summed E-state index contributed by atoms with van der Waals surface area (Å²) in [5.74, 6) is -3.20. The van der Waals surface area contributed by atoms with Crippen LogP contribution in [0.25, 0.3) is 0 Å². The van der Waals surface area contributed by atoms with E-state index in [1.54, 1.807) is 45.0 Å². The van der Waals surface area contributed by atoms with Crippen LogP contribution in [0.1, 0.15) is 45.6 Å². The number of hydrogen-bond acceptors (Lipinski definition) is 7. The van der Waals surface area contributed by atoms with Gasteiger partial charge in [-0.15, -0.1) is 0 Å². The molecule has 0 aliphatic carbocycles. The van der Waals surface area contributed by atoms with Crippen molar-refractivity contribution in [2.75, 3.05) is 0 Å². The summed E-state index contributed by atoms with van der Waals surface area (Å²) in [7, 11) is 0. The number of carbonyl (C=O) groups excluding carboxylic acids is 2. The lowest BCUT2D eigenvalue weighted by Gasteiger charge is -2.28. The van der Waals surface area contributed by atoms with E-state index in [4.69, 9.17) is 32.5 Å². The average molecular weight is 415 g/mol. The number of carbonyl (C=O) groups is 3. The Hall–Kier alpha value is -2.16. The minimum absolute atomic E-state index is 0.0277. The molecule has 0 saturated carbocycles. The predicted molar refractivity (Wildman–Crippen MR) is 103 cm³/mol. The van der Waals surface area contributed by atoms with E-state index < -0.39 is 35.1 Å². The number of nitrogens with two attached hydrogens (primary N) is 2. The summed E-state index contributed by atoms with van der Waals surface area (Å²) < 4.78 is 10.2. The van der Waals surface area contributed by atoms with E-state index in [2.05, 4.69) is 0 Å². The van der Waals surface area contributed by atoms with E-state index in [1.165, 1.54) is 0 Å². The van der Waals surface area contributed by atoms with Gasteiger partial charge in [0.15, 0.2) is 0 Å². The van der Waals surface area contributed by atoms with Crippen molar-refractivity contribution in [2.45, 2.75) is 63.8 Å². The van der Waals surface area contributed by atoms with Crippen LogP contribution in [0.5, 0.6) is 0 Å². The molecular weight excluding hydrogens is 388 g/mol. The van der Waals surface area contributed by atoms with Crippen molar-refractivity contribution in [3.63, 3.8) is 0 Å². The first-order valence-corrected chi connectivity index (χ1v) is 9.16. The highest BCUT2D eigenvalue weighted by atomic mass is 35.5. The minimum Gasteiger partial charge on any atom is -0.479 e. The summed E-state index contributed by atoms with van der Waals surface area (Å²) in [5.41, 5.74) is 9.10. The van der Waals surface area contributed by atoms with Crippen LogP contribution in [0.3, 0.4) is 0 Å². The fourth-order valence-corrected chi connectivity index (χ4v) is 2.45. The molecule has 0 amide bonds. The van der Waals surface area contributed by atoms with E-state index in [0.717, 1.165) is 0 Å². The number of benzene rings is 1. The summed E-state index contributed by atoms with van der Waals surface area (Å²) >= 11 is 5.99. The highest BCUT2D eigenvalue weighted by molar-refractivity contribution is 6.31. The Bertz CT molecular complexity index is 719. The van der Waals surface area contributed by atoms with Gasteiger partial charge in [0, 0.05) is 10.6 Å². The third-order valence-electron chi connectivity index (χ3n) is 3.86. The summed E-state index contributed by atoms with van der Waals surface area (Å²) in [6.45, 7) is 4.80. The molecule has 0 bridgehead atoms. The first-order chi connectivity index (χ1) is 12.9. The van der Waals surface area contributed by atoms with Crippen molar-refractivity contribution in [2.24, 2.45) is 11.5 Å². The van der Waals surface area contributed by atoms with Crippen molar-refractivity contribution in [3.05, 3.63) is 34.9 Å². The molecule has 156 valence electrons. The van der Waals surface area contributed by atoms with E-state index in [-0.39, 0.29) is 25.9 Å². The molecule has 1 unspecified atom stereocenters. The zero-order chi connectivity index (χ0) is 21.5. The van der Waals surface area contributed by atoms with Crippen LogP contribution in [-0.2, 0) is 30.5 Å². The zero-order valence-electron chi connectivity index (χ0n) is 16.2. The van der Waals surface area contributed by atoms with Gasteiger partial charge in [0.25, 0.3) is 0 Å².